The SMILES string of the molecule is CC(C)c1cc(NC(=O)COc2cccc(S(C)(=O)=O)c2)on1. The number of carbonyl (C=O) groups is 1. The van der Waals surface area contributed by atoms with E-state index in [1.54, 1.807) is 18.2 Å². The summed E-state index contributed by atoms with van der Waals surface area (Å²) < 4.78 is 33.2. The van der Waals surface area contributed by atoms with Crippen LogP contribution in [0, 0.1) is 0 Å². The Bertz CT molecular complexity index is 796. The van der Waals surface area contributed by atoms with Gasteiger partial charge in [-0.1, -0.05) is 25.1 Å². The van der Waals surface area contributed by atoms with Gasteiger partial charge in [0.05, 0.1) is 10.6 Å². The van der Waals surface area contributed by atoms with Gasteiger partial charge in [0.2, 0.25) is 5.88 Å². The molecule has 0 bridgehead atoms. The highest BCUT2D eigenvalue weighted by molar-refractivity contribution is 7.90. The van der Waals surface area contributed by atoms with Crippen LogP contribution in [0.4, 0.5) is 5.88 Å². The standard InChI is InChI=1S/C15H18N2O5S/c1-10(2)13-8-15(22-17-13)16-14(18)9-21-11-5-4-6-12(7-11)23(3,19)20/h4-8,10H,9H2,1-3H3,(H,16,18). The zero-order valence-corrected chi connectivity index (χ0v) is 13.9. The van der Waals surface area contributed by atoms with Gasteiger partial charge in [-0.25, -0.2) is 8.42 Å². The Morgan fingerprint density at radius 3 is 2.70 bits per heavy atom. The zero-order chi connectivity index (χ0) is 17.0. The monoisotopic (exact) mass is 338 g/mol. The van der Waals surface area contributed by atoms with Crippen LogP contribution in [0.5, 0.6) is 5.75 Å². The summed E-state index contributed by atoms with van der Waals surface area (Å²) in [6, 6.07) is 7.60. The molecule has 2 aromatic rings. The molecule has 0 spiro atoms. The van der Waals surface area contributed by atoms with Crippen LogP contribution in [0.1, 0.15) is 25.5 Å². The van der Waals surface area contributed by atoms with Gasteiger partial charge in [0.25, 0.3) is 5.91 Å². The molecule has 23 heavy (non-hydrogen) atoms. The van der Waals surface area contributed by atoms with Gasteiger partial charge in [0.1, 0.15) is 5.75 Å². The van der Waals surface area contributed by atoms with Crippen molar-refractivity contribution in [3.63, 3.8) is 0 Å². The summed E-state index contributed by atoms with van der Waals surface area (Å²) in [5, 5.41) is 6.35. The molecule has 7 nitrogen and oxygen atoms in total. The van der Waals surface area contributed by atoms with Crippen LogP contribution in [-0.4, -0.2) is 32.3 Å². The molecule has 0 aliphatic carbocycles. The van der Waals surface area contributed by atoms with Crippen molar-refractivity contribution in [3.8, 4) is 5.75 Å². The van der Waals surface area contributed by atoms with Crippen molar-refractivity contribution < 1.29 is 22.5 Å². The molecule has 0 aliphatic rings. The maximum absolute atomic E-state index is 11.8. The van der Waals surface area contributed by atoms with E-state index in [4.69, 9.17) is 9.26 Å². The Balaban J connectivity index is 1.94. The van der Waals surface area contributed by atoms with E-state index in [2.05, 4.69) is 10.5 Å². The number of hydrogen-bond acceptors (Lipinski definition) is 6. The van der Waals surface area contributed by atoms with Crippen LogP contribution >= 0.6 is 0 Å². The van der Waals surface area contributed by atoms with E-state index in [1.807, 2.05) is 13.8 Å². The van der Waals surface area contributed by atoms with Crippen molar-refractivity contribution in [3.05, 3.63) is 36.0 Å². The van der Waals surface area contributed by atoms with Crippen molar-refractivity contribution in [1.82, 2.24) is 5.16 Å². The first-order chi connectivity index (χ1) is 10.8. The molecule has 1 amide bonds. The lowest BCUT2D eigenvalue weighted by atomic mass is 10.1. The van der Waals surface area contributed by atoms with E-state index in [9.17, 15) is 13.2 Å². The quantitative estimate of drug-likeness (QED) is 0.867. The van der Waals surface area contributed by atoms with Gasteiger partial charge in [-0.05, 0) is 24.1 Å². The van der Waals surface area contributed by atoms with Gasteiger partial charge < -0.3 is 9.26 Å². The first-order valence-electron chi connectivity index (χ1n) is 6.95. The van der Waals surface area contributed by atoms with Crippen molar-refractivity contribution in [2.45, 2.75) is 24.7 Å². The number of amides is 1. The number of carbonyl (C=O) groups excluding carboxylic acids is 1. The van der Waals surface area contributed by atoms with E-state index in [0.29, 0.717) is 5.75 Å². The molecule has 0 aliphatic heterocycles. The van der Waals surface area contributed by atoms with Gasteiger partial charge in [0.15, 0.2) is 16.4 Å². The van der Waals surface area contributed by atoms with Gasteiger partial charge in [0, 0.05) is 12.3 Å². The molecule has 0 fully saturated rings. The average Bonchev–Trinajstić information content (AvgIpc) is 2.93. The molecular formula is C15H18N2O5S. The van der Waals surface area contributed by atoms with E-state index in [0.717, 1.165) is 11.9 Å². The molecule has 8 heteroatoms. The number of aromatic nitrogens is 1. The summed E-state index contributed by atoms with van der Waals surface area (Å²) in [4.78, 5) is 11.9. The third-order valence-electron chi connectivity index (χ3n) is 2.99. The van der Waals surface area contributed by atoms with Gasteiger partial charge in [-0.2, -0.15) is 0 Å². The second kappa shape index (κ2) is 6.82. The highest BCUT2D eigenvalue weighted by Crippen LogP contribution is 2.19. The Morgan fingerprint density at radius 2 is 2.09 bits per heavy atom. The number of nitrogens with one attached hydrogen (secondary N) is 1. The molecule has 0 radical (unpaired) electrons. The molecule has 124 valence electrons. The number of hydrogen-bond donors (Lipinski definition) is 1. The lowest BCUT2D eigenvalue weighted by Gasteiger charge is -2.06. The Morgan fingerprint density at radius 1 is 1.35 bits per heavy atom. The predicted molar refractivity (Wildman–Crippen MR) is 84.3 cm³/mol. The Labute approximate surface area is 134 Å². The first-order valence-corrected chi connectivity index (χ1v) is 8.84. The van der Waals surface area contributed by atoms with Crippen molar-refractivity contribution in [2.24, 2.45) is 0 Å². The van der Waals surface area contributed by atoms with Crippen LogP contribution in [0.3, 0.4) is 0 Å². The van der Waals surface area contributed by atoms with Crippen LogP contribution in [0.15, 0.2) is 39.8 Å². The second-order valence-electron chi connectivity index (χ2n) is 5.35. The number of sulfone groups is 1. The van der Waals surface area contributed by atoms with E-state index in [-0.39, 0.29) is 23.3 Å². The highest BCUT2D eigenvalue weighted by Gasteiger charge is 2.12. The molecule has 2 rings (SSSR count). The molecule has 1 N–H and O–H groups in total. The Hall–Kier alpha value is -2.35. The normalized spacial score (nSPS) is 11.5. The number of rotatable bonds is 6. The molecule has 1 heterocycles. The summed E-state index contributed by atoms with van der Waals surface area (Å²) in [5.74, 6) is 0.302. The third-order valence-corrected chi connectivity index (χ3v) is 4.10. The molecule has 1 aromatic heterocycles. The fraction of sp³-hybridized carbons (Fsp3) is 0.333. The van der Waals surface area contributed by atoms with Crippen LogP contribution in [0.25, 0.3) is 0 Å². The van der Waals surface area contributed by atoms with Crippen molar-refractivity contribution >= 4 is 21.6 Å². The molecule has 0 atom stereocenters. The minimum Gasteiger partial charge on any atom is -0.484 e. The Kier molecular flexibility index (Phi) is 5.05. The largest absolute Gasteiger partial charge is 0.484 e. The lowest BCUT2D eigenvalue weighted by Crippen LogP contribution is -2.19. The second-order valence-corrected chi connectivity index (χ2v) is 7.37. The summed E-state index contributed by atoms with van der Waals surface area (Å²) >= 11 is 0. The molecule has 0 saturated carbocycles. The average molecular weight is 338 g/mol. The maximum Gasteiger partial charge on any atom is 0.264 e. The van der Waals surface area contributed by atoms with Crippen molar-refractivity contribution in [2.75, 3.05) is 18.2 Å². The molecule has 0 saturated heterocycles. The topological polar surface area (TPSA) is 98.5 Å². The minimum absolute atomic E-state index is 0.132. The molecular weight excluding hydrogens is 320 g/mol. The molecule has 0 unspecified atom stereocenters. The zero-order valence-electron chi connectivity index (χ0n) is 13.1. The summed E-state index contributed by atoms with van der Waals surface area (Å²) in [5.41, 5.74) is 0.738. The van der Waals surface area contributed by atoms with Gasteiger partial charge >= 0.3 is 0 Å². The molecule has 1 aromatic carbocycles. The van der Waals surface area contributed by atoms with Crippen LogP contribution in [-0.2, 0) is 14.6 Å². The predicted octanol–water partition coefficient (Wildman–Crippen LogP) is 2.22. The third kappa shape index (κ3) is 4.82. The van der Waals surface area contributed by atoms with Crippen LogP contribution in [0.2, 0.25) is 0 Å². The lowest BCUT2D eigenvalue weighted by molar-refractivity contribution is -0.118. The van der Waals surface area contributed by atoms with Gasteiger partial charge in [-0.15, -0.1) is 0 Å². The summed E-state index contributed by atoms with van der Waals surface area (Å²) in [6.45, 7) is 3.65. The first kappa shape index (κ1) is 17.0. The minimum atomic E-state index is -3.32. The number of ether oxygens (including phenoxy) is 1. The fourth-order valence-electron chi connectivity index (χ4n) is 1.74. The number of benzene rings is 1. The highest BCUT2D eigenvalue weighted by atomic mass is 32.2. The fourth-order valence-corrected chi connectivity index (χ4v) is 2.39. The van der Waals surface area contributed by atoms with Crippen molar-refractivity contribution in [1.29, 1.82) is 0 Å². The van der Waals surface area contributed by atoms with Gasteiger partial charge in [-0.3, -0.25) is 10.1 Å². The van der Waals surface area contributed by atoms with E-state index >= 15 is 0 Å². The van der Waals surface area contributed by atoms with Crippen LogP contribution < -0.4 is 10.1 Å². The number of anilines is 1. The summed E-state index contributed by atoms with van der Waals surface area (Å²) in [6.07, 6.45) is 1.11. The van der Waals surface area contributed by atoms with E-state index in [1.165, 1.54) is 12.1 Å². The smallest absolute Gasteiger partial charge is 0.264 e. The summed E-state index contributed by atoms with van der Waals surface area (Å²) in [7, 11) is -3.32. The van der Waals surface area contributed by atoms with E-state index < -0.39 is 15.7 Å². The number of nitrogens with zero attached hydrogens (tertiary/aromatic N) is 1. The maximum atomic E-state index is 11.8.